The first-order valence-corrected chi connectivity index (χ1v) is 6.25. The van der Waals surface area contributed by atoms with Crippen LogP contribution in [0.3, 0.4) is 0 Å². The van der Waals surface area contributed by atoms with E-state index < -0.39 is 10.4 Å². The smallest absolute Gasteiger partial charge is 0.366 e. The number of nitrogens with two attached hydrogens (primary N) is 1. The number of rotatable bonds is 5. The van der Waals surface area contributed by atoms with Crippen LogP contribution in [-0.4, -0.2) is 49.0 Å². The molecule has 102 valence electrons. The molecule has 17 heavy (non-hydrogen) atoms. The fraction of sp³-hybridized carbons (Fsp3) is 0.667. The van der Waals surface area contributed by atoms with E-state index in [-0.39, 0.29) is 5.91 Å². The highest BCUT2D eigenvalue weighted by Gasteiger charge is 1.95. The molecule has 0 heterocycles. The highest BCUT2D eigenvalue weighted by molar-refractivity contribution is 7.79. The summed E-state index contributed by atoms with van der Waals surface area (Å²) in [5, 5.41) is 0. The Hall–Kier alpha value is -0.960. The van der Waals surface area contributed by atoms with Crippen molar-refractivity contribution >= 4 is 16.3 Å². The van der Waals surface area contributed by atoms with Crippen molar-refractivity contribution in [1.82, 2.24) is 4.90 Å². The van der Waals surface area contributed by atoms with Gasteiger partial charge in [0.05, 0.1) is 0 Å². The number of amides is 1. The van der Waals surface area contributed by atoms with Crippen LogP contribution in [-0.2, 0) is 15.2 Å². The summed E-state index contributed by atoms with van der Waals surface area (Å²) in [6.45, 7) is 2.79. The van der Waals surface area contributed by atoms with Crippen LogP contribution in [0.15, 0.2) is 11.6 Å². The number of carbonyl (C=O) groups is 1. The number of unbranched alkanes of at least 4 members (excludes halogenated alkanes) is 1. The van der Waals surface area contributed by atoms with Crippen LogP contribution in [0.5, 0.6) is 0 Å². The lowest BCUT2D eigenvalue weighted by atomic mass is 10.2. The summed E-state index contributed by atoms with van der Waals surface area (Å²) in [5.41, 5.74) is 5.72. The molecule has 0 aromatic carbocycles. The van der Waals surface area contributed by atoms with Gasteiger partial charge in [-0.25, -0.2) is 0 Å². The maximum atomic E-state index is 10.6. The van der Waals surface area contributed by atoms with Gasteiger partial charge in [-0.15, -0.1) is 0 Å². The van der Waals surface area contributed by atoms with E-state index >= 15 is 0 Å². The van der Waals surface area contributed by atoms with E-state index in [2.05, 4.69) is 4.90 Å². The largest absolute Gasteiger partial charge is 0.394 e. The van der Waals surface area contributed by atoms with Crippen molar-refractivity contribution < 1.29 is 22.3 Å². The summed E-state index contributed by atoms with van der Waals surface area (Å²) in [6, 6.07) is 0. The van der Waals surface area contributed by atoms with Crippen LogP contribution in [0.4, 0.5) is 0 Å². The zero-order chi connectivity index (χ0) is 14.1. The molecule has 0 aliphatic rings. The van der Waals surface area contributed by atoms with Crippen molar-refractivity contribution in [3.63, 3.8) is 0 Å². The molecule has 0 atom stereocenters. The molecule has 0 radical (unpaired) electrons. The van der Waals surface area contributed by atoms with Gasteiger partial charge in [-0.3, -0.25) is 13.9 Å². The zero-order valence-corrected chi connectivity index (χ0v) is 11.1. The second kappa shape index (κ2) is 9.11. The molecule has 0 aromatic rings. The van der Waals surface area contributed by atoms with Gasteiger partial charge in [0.2, 0.25) is 5.91 Å². The minimum atomic E-state index is -4.67. The van der Waals surface area contributed by atoms with Crippen molar-refractivity contribution in [2.45, 2.75) is 19.8 Å². The van der Waals surface area contributed by atoms with Gasteiger partial charge >= 0.3 is 10.4 Å². The number of primary amides is 1. The van der Waals surface area contributed by atoms with E-state index in [1.165, 1.54) is 0 Å². The van der Waals surface area contributed by atoms with E-state index in [1.807, 2.05) is 20.2 Å². The first-order valence-electron chi connectivity index (χ1n) is 4.85. The Kier molecular flexibility index (Phi) is 9.86. The Morgan fingerprint density at radius 1 is 1.35 bits per heavy atom. The second-order valence-corrected chi connectivity index (χ2v) is 4.54. The van der Waals surface area contributed by atoms with Crippen molar-refractivity contribution in [2.24, 2.45) is 5.73 Å². The summed E-state index contributed by atoms with van der Waals surface area (Å²) in [7, 11) is -0.602. The van der Waals surface area contributed by atoms with E-state index in [1.54, 1.807) is 6.92 Å². The third-order valence-electron chi connectivity index (χ3n) is 1.65. The number of hydrogen-bond donors (Lipinski definition) is 3. The third-order valence-corrected chi connectivity index (χ3v) is 1.65. The molecule has 0 rings (SSSR count). The van der Waals surface area contributed by atoms with Gasteiger partial charge in [-0.2, -0.15) is 8.42 Å². The Morgan fingerprint density at radius 3 is 2.06 bits per heavy atom. The molecule has 1 amide bonds. The van der Waals surface area contributed by atoms with Gasteiger partial charge in [-0.1, -0.05) is 6.08 Å². The van der Waals surface area contributed by atoms with Crippen LogP contribution >= 0.6 is 0 Å². The van der Waals surface area contributed by atoms with Gasteiger partial charge in [-0.05, 0) is 40.4 Å². The zero-order valence-electron chi connectivity index (χ0n) is 10.3. The number of hydrogen-bond acceptors (Lipinski definition) is 4. The second-order valence-electron chi connectivity index (χ2n) is 3.64. The molecule has 0 saturated carbocycles. The summed E-state index contributed by atoms with van der Waals surface area (Å²) in [5.74, 6) is -0.320. The van der Waals surface area contributed by atoms with Crippen LogP contribution in [0.2, 0.25) is 0 Å². The maximum Gasteiger partial charge on any atom is 0.394 e. The number of carbonyl (C=O) groups excluding carboxylic acids is 1. The molecule has 0 bridgehead atoms. The Bertz CT molecular complexity index is 340. The first-order chi connectivity index (χ1) is 7.54. The van der Waals surface area contributed by atoms with Crippen molar-refractivity contribution in [3.05, 3.63) is 11.6 Å². The lowest BCUT2D eigenvalue weighted by Crippen LogP contribution is -2.13. The van der Waals surface area contributed by atoms with Crippen LogP contribution < -0.4 is 5.73 Å². The SMILES string of the molecule is CC(=CCCCN(C)C)C(N)=O.O=S(=O)(O)O. The van der Waals surface area contributed by atoms with Crippen molar-refractivity contribution in [2.75, 3.05) is 20.6 Å². The summed E-state index contributed by atoms with van der Waals surface area (Å²) >= 11 is 0. The van der Waals surface area contributed by atoms with Crippen molar-refractivity contribution in [1.29, 1.82) is 0 Å². The molecule has 0 aliphatic heterocycles. The molecular weight excluding hydrogens is 248 g/mol. The molecule has 0 saturated heterocycles. The lowest BCUT2D eigenvalue weighted by Gasteiger charge is -2.06. The van der Waals surface area contributed by atoms with Gasteiger partial charge in [0.25, 0.3) is 0 Å². The van der Waals surface area contributed by atoms with Gasteiger partial charge in [0.15, 0.2) is 0 Å². The fourth-order valence-corrected chi connectivity index (χ4v) is 0.827. The molecule has 0 fully saturated rings. The average Bonchev–Trinajstić information content (AvgIpc) is 2.08. The standard InChI is InChI=1S/C9H18N2O.H2O4S/c1-8(9(10)12)6-4-5-7-11(2)3;1-5(2,3)4/h6H,4-5,7H2,1-3H3,(H2,10,12);(H2,1,2,3,4). The summed E-state index contributed by atoms with van der Waals surface area (Å²) in [6.07, 6.45) is 3.89. The maximum absolute atomic E-state index is 10.6. The van der Waals surface area contributed by atoms with E-state index in [9.17, 15) is 4.79 Å². The van der Waals surface area contributed by atoms with E-state index in [4.69, 9.17) is 23.3 Å². The monoisotopic (exact) mass is 268 g/mol. The van der Waals surface area contributed by atoms with Crippen LogP contribution in [0.1, 0.15) is 19.8 Å². The average molecular weight is 268 g/mol. The predicted octanol–water partition coefficient (Wildman–Crippen LogP) is 0.107. The third kappa shape index (κ3) is 25.4. The lowest BCUT2D eigenvalue weighted by molar-refractivity contribution is -0.114. The first kappa shape index (κ1) is 18.4. The Balaban J connectivity index is 0. The highest BCUT2D eigenvalue weighted by Crippen LogP contribution is 1.97. The fourth-order valence-electron chi connectivity index (χ4n) is 0.827. The topological polar surface area (TPSA) is 121 Å². The number of nitrogens with zero attached hydrogens (tertiary/aromatic N) is 1. The molecule has 4 N–H and O–H groups in total. The molecule has 0 aliphatic carbocycles. The van der Waals surface area contributed by atoms with E-state index in [0.29, 0.717) is 5.57 Å². The predicted molar refractivity (Wildman–Crippen MR) is 64.9 cm³/mol. The molecule has 0 unspecified atom stereocenters. The molecule has 8 heteroatoms. The summed E-state index contributed by atoms with van der Waals surface area (Å²) < 4.78 is 31.6. The molecule has 0 spiro atoms. The molecule has 7 nitrogen and oxygen atoms in total. The van der Waals surface area contributed by atoms with Crippen LogP contribution in [0, 0.1) is 0 Å². The molecular formula is C9H20N2O5S. The van der Waals surface area contributed by atoms with E-state index in [0.717, 1.165) is 19.4 Å². The molecule has 0 aromatic heterocycles. The Labute approximate surface area is 102 Å². The Morgan fingerprint density at radius 2 is 1.76 bits per heavy atom. The summed E-state index contributed by atoms with van der Waals surface area (Å²) in [4.78, 5) is 12.7. The van der Waals surface area contributed by atoms with Crippen molar-refractivity contribution in [3.8, 4) is 0 Å². The minimum Gasteiger partial charge on any atom is -0.366 e. The van der Waals surface area contributed by atoms with Gasteiger partial charge in [0, 0.05) is 5.57 Å². The normalized spacial score (nSPS) is 12.0. The van der Waals surface area contributed by atoms with Crippen LogP contribution in [0.25, 0.3) is 0 Å². The van der Waals surface area contributed by atoms with Gasteiger partial charge in [0.1, 0.15) is 0 Å². The number of allylic oxidation sites excluding steroid dienone is 1. The highest BCUT2D eigenvalue weighted by atomic mass is 32.3. The van der Waals surface area contributed by atoms with Gasteiger partial charge < -0.3 is 10.6 Å². The quantitative estimate of drug-likeness (QED) is 0.369. The minimum absolute atomic E-state index is 0.320.